The molecule has 3 unspecified atom stereocenters. The fraction of sp³-hybridized carbons (Fsp3) is 1.00. The zero-order valence-corrected chi connectivity index (χ0v) is 12.5. The molecule has 2 rings (SSSR count). The van der Waals surface area contributed by atoms with E-state index in [-0.39, 0.29) is 0 Å². The summed E-state index contributed by atoms with van der Waals surface area (Å²) >= 11 is 0. The first kappa shape index (κ1) is 14.3. The summed E-state index contributed by atoms with van der Waals surface area (Å²) in [5.41, 5.74) is 0.593. The van der Waals surface area contributed by atoms with Gasteiger partial charge in [-0.05, 0) is 62.8 Å². The van der Waals surface area contributed by atoms with Gasteiger partial charge in [-0.15, -0.1) is 0 Å². The van der Waals surface area contributed by atoms with Gasteiger partial charge in [0.1, 0.15) is 0 Å². The van der Waals surface area contributed by atoms with Crippen LogP contribution < -0.4 is 5.32 Å². The van der Waals surface area contributed by atoms with Gasteiger partial charge in [0.2, 0.25) is 0 Å². The molecule has 0 radical (unpaired) electrons. The molecule has 0 bridgehead atoms. The molecule has 0 amide bonds. The van der Waals surface area contributed by atoms with Crippen molar-refractivity contribution in [2.75, 3.05) is 13.2 Å². The molecule has 0 spiro atoms. The second kappa shape index (κ2) is 6.38. The third kappa shape index (κ3) is 3.96. The molecule has 1 saturated heterocycles. The van der Waals surface area contributed by atoms with Crippen LogP contribution >= 0.6 is 0 Å². The Morgan fingerprint density at radius 1 is 1.39 bits per heavy atom. The minimum atomic E-state index is 0.573. The highest BCUT2D eigenvalue weighted by Crippen LogP contribution is 2.54. The molecular weight excluding hydrogens is 222 g/mol. The third-order valence-electron chi connectivity index (χ3n) is 4.80. The van der Waals surface area contributed by atoms with E-state index in [0.717, 1.165) is 18.6 Å². The molecule has 1 saturated carbocycles. The van der Waals surface area contributed by atoms with Crippen molar-refractivity contribution < 1.29 is 4.74 Å². The maximum atomic E-state index is 5.71. The molecule has 2 nitrogen and oxygen atoms in total. The van der Waals surface area contributed by atoms with Crippen LogP contribution in [0.4, 0.5) is 0 Å². The molecule has 1 heterocycles. The van der Waals surface area contributed by atoms with Gasteiger partial charge in [-0.25, -0.2) is 0 Å². The summed E-state index contributed by atoms with van der Waals surface area (Å²) in [5, 5.41) is 3.77. The molecule has 2 heteroatoms. The lowest BCUT2D eigenvalue weighted by Gasteiger charge is -2.21. The second-order valence-corrected chi connectivity index (χ2v) is 6.93. The second-order valence-electron chi connectivity index (χ2n) is 6.93. The molecule has 3 atom stereocenters. The maximum Gasteiger partial charge on any atom is 0.0576 e. The van der Waals surface area contributed by atoms with Crippen LogP contribution in [0.2, 0.25) is 0 Å². The summed E-state index contributed by atoms with van der Waals surface area (Å²) in [6.45, 7) is 9.26. The van der Waals surface area contributed by atoms with Crippen molar-refractivity contribution in [3.8, 4) is 0 Å². The van der Waals surface area contributed by atoms with E-state index < -0.39 is 0 Å². The van der Waals surface area contributed by atoms with Gasteiger partial charge >= 0.3 is 0 Å². The van der Waals surface area contributed by atoms with Crippen LogP contribution in [-0.2, 0) is 4.74 Å². The minimum Gasteiger partial charge on any atom is -0.378 e. The van der Waals surface area contributed by atoms with Gasteiger partial charge in [-0.1, -0.05) is 20.8 Å². The molecule has 2 fully saturated rings. The maximum absolute atomic E-state index is 5.71. The molecule has 1 N–H and O–H groups in total. The van der Waals surface area contributed by atoms with Crippen LogP contribution in [0.1, 0.15) is 65.7 Å². The van der Waals surface area contributed by atoms with Gasteiger partial charge in [-0.3, -0.25) is 0 Å². The predicted molar refractivity (Wildman–Crippen MR) is 76.8 cm³/mol. The summed E-state index contributed by atoms with van der Waals surface area (Å²) in [4.78, 5) is 0. The van der Waals surface area contributed by atoms with Crippen LogP contribution in [-0.4, -0.2) is 25.3 Å². The van der Waals surface area contributed by atoms with Crippen molar-refractivity contribution in [2.45, 2.75) is 77.9 Å². The molecule has 0 aromatic heterocycles. The summed E-state index contributed by atoms with van der Waals surface area (Å²) < 4.78 is 5.71. The average molecular weight is 253 g/mol. The van der Waals surface area contributed by atoms with Gasteiger partial charge in [0, 0.05) is 12.6 Å². The van der Waals surface area contributed by atoms with Crippen LogP contribution in [0, 0.1) is 11.3 Å². The largest absolute Gasteiger partial charge is 0.378 e. The smallest absolute Gasteiger partial charge is 0.0576 e. The van der Waals surface area contributed by atoms with Gasteiger partial charge < -0.3 is 10.1 Å². The Kier molecular flexibility index (Phi) is 5.08. The third-order valence-corrected chi connectivity index (χ3v) is 4.80. The van der Waals surface area contributed by atoms with Crippen LogP contribution in [0.5, 0.6) is 0 Å². The van der Waals surface area contributed by atoms with Gasteiger partial charge in [0.05, 0.1) is 6.10 Å². The molecule has 1 aliphatic carbocycles. The molecule has 1 aliphatic heterocycles. The number of nitrogens with one attached hydrogen (secondary N) is 1. The summed E-state index contributed by atoms with van der Waals surface area (Å²) in [5.74, 6) is 0.911. The average Bonchev–Trinajstić information content (AvgIpc) is 2.79. The first-order valence-corrected chi connectivity index (χ1v) is 7.98. The minimum absolute atomic E-state index is 0.573. The normalized spacial score (nSPS) is 31.5. The van der Waals surface area contributed by atoms with Gasteiger partial charge in [-0.2, -0.15) is 0 Å². The Bertz CT molecular complexity index is 245. The van der Waals surface area contributed by atoms with Crippen molar-refractivity contribution in [2.24, 2.45) is 11.3 Å². The Balaban J connectivity index is 1.68. The first-order valence-electron chi connectivity index (χ1n) is 7.98. The monoisotopic (exact) mass is 253 g/mol. The van der Waals surface area contributed by atoms with Crippen molar-refractivity contribution in [1.82, 2.24) is 5.32 Å². The Labute approximate surface area is 113 Å². The van der Waals surface area contributed by atoms with E-state index in [4.69, 9.17) is 4.74 Å². The van der Waals surface area contributed by atoms with Gasteiger partial charge in [0.25, 0.3) is 0 Å². The Hall–Kier alpha value is -0.0800. The molecule has 106 valence electrons. The molecule has 0 aromatic carbocycles. The zero-order valence-electron chi connectivity index (χ0n) is 12.5. The van der Waals surface area contributed by atoms with Crippen LogP contribution in [0.3, 0.4) is 0 Å². The SMILES string of the molecule is CCCNC(CCCC1CCCO1)C1CC1(C)C. The summed E-state index contributed by atoms with van der Waals surface area (Å²) in [6, 6.07) is 0.751. The summed E-state index contributed by atoms with van der Waals surface area (Å²) in [6.07, 6.45) is 9.75. The molecule has 0 aromatic rings. The Morgan fingerprint density at radius 3 is 2.72 bits per heavy atom. The van der Waals surface area contributed by atoms with Crippen molar-refractivity contribution in [1.29, 1.82) is 0 Å². The standard InChI is InChI=1S/C16H31NO/c1-4-10-17-15(14-12-16(14,2)3)9-5-7-13-8-6-11-18-13/h13-15,17H,4-12H2,1-3H3. The van der Waals surface area contributed by atoms with Crippen molar-refractivity contribution in [3.63, 3.8) is 0 Å². The van der Waals surface area contributed by atoms with E-state index in [1.807, 2.05) is 0 Å². The fourth-order valence-corrected chi connectivity index (χ4v) is 3.41. The first-order chi connectivity index (χ1) is 8.63. The fourth-order valence-electron chi connectivity index (χ4n) is 3.41. The lowest BCUT2D eigenvalue weighted by molar-refractivity contribution is 0.101. The lowest BCUT2D eigenvalue weighted by Crippen LogP contribution is -2.33. The van der Waals surface area contributed by atoms with E-state index >= 15 is 0 Å². The van der Waals surface area contributed by atoms with E-state index in [2.05, 4.69) is 26.1 Å². The summed E-state index contributed by atoms with van der Waals surface area (Å²) in [7, 11) is 0. The number of rotatable bonds is 8. The lowest BCUT2D eigenvalue weighted by atomic mass is 9.97. The highest BCUT2D eigenvalue weighted by Gasteiger charge is 2.49. The number of hydrogen-bond donors (Lipinski definition) is 1. The van der Waals surface area contributed by atoms with Gasteiger partial charge in [0.15, 0.2) is 0 Å². The van der Waals surface area contributed by atoms with E-state index in [1.54, 1.807) is 0 Å². The quantitative estimate of drug-likeness (QED) is 0.711. The van der Waals surface area contributed by atoms with E-state index in [1.165, 1.54) is 51.5 Å². The predicted octanol–water partition coefficient (Wildman–Crippen LogP) is 3.75. The number of ether oxygens (including phenoxy) is 1. The molecule has 2 aliphatic rings. The highest BCUT2D eigenvalue weighted by molar-refractivity contribution is 5.01. The highest BCUT2D eigenvalue weighted by atomic mass is 16.5. The van der Waals surface area contributed by atoms with Crippen LogP contribution in [0.25, 0.3) is 0 Å². The van der Waals surface area contributed by atoms with E-state index in [0.29, 0.717) is 11.5 Å². The van der Waals surface area contributed by atoms with Crippen molar-refractivity contribution >= 4 is 0 Å². The Morgan fingerprint density at radius 2 is 2.17 bits per heavy atom. The van der Waals surface area contributed by atoms with Crippen molar-refractivity contribution in [3.05, 3.63) is 0 Å². The molecule has 18 heavy (non-hydrogen) atoms. The number of hydrogen-bond acceptors (Lipinski definition) is 2. The molecular formula is C16H31NO. The zero-order chi connectivity index (χ0) is 13.0. The van der Waals surface area contributed by atoms with Crippen LogP contribution in [0.15, 0.2) is 0 Å². The topological polar surface area (TPSA) is 21.3 Å². The van der Waals surface area contributed by atoms with E-state index in [9.17, 15) is 0 Å².